The summed E-state index contributed by atoms with van der Waals surface area (Å²) < 4.78 is 0. The highest BCUT2D eigenvalue weighted by Crippen LogP contribution is 2.56. The van der Waals surface area contributed by atoms with E-state index in [4.69, 9.17) is 0 Å². The lowest BCUT2D eigenvalue weighted by Gasteiger charge is -2.56. The minimum Gasteiger partial charge on any atom is -0.389 e. The molecule has 0 saturated heterocycles. The van der Waals surface area contributed by atoms with Gasteiger partial charge < -0.3 is 10.2 Å². The fraction of sp³-hybridized carbons (Fsp3) is 0.800. The lowest BCUT2D eigenvalue weighted by Crippen LogP contribution is -2.63. The summed E-state index contributed by atoms with van der Waals surface area (Å²) in [4.78, 5) is 12.2. The van der Waals surface area contributed by atoms with Crippen molar-refractivity contribution in [1.82, 2.24) is 0 Å². The maximum absolute atomic E-state index is 12.2. The maximum atomic E-state index is 12.2. The van der Waals surface area contributed by atoms with Gasteiger partial charge in [-0.1, -0.05) is 20.4 Å². The van der Waals surface area contributed by atoms with E-state index in [1.807, 2.05) is 20.8 Å². The molecular formula is C15H24O3. The number of hydrogen-bond acceptors (Lipinski definition) is 3. The Morgan fingerprint density at radius 3 is 2.39 bits per heavy atom. The van der Waals surface area contributed by atoms with Gasteiger partial charge in [0.05, 0.1) is 11.0 Å². The highest BCUT2D eigenvalue weighted by Gasteiger charge is 2.61. The van der Waals surface area contributed by atoms with Crippen molar-refractivity contribution in [3.63, 3.8) is 0 Å². The molecule has 0 heterocycles. The first-order valence-electron chi connectivity index (χ1n) is 6.82. The number of rotatable bonds is 1. The van der Waals surface area contributed by atoms with Crippen molar-refractivity contribution in [2.24, 2.45) is 11.3 Å². The van der Waals surface area contributed by atoms with E-state index >= 15 is 0 Å². The lowest BCUT2D eigenvalue weighted by molar-refractivity contribution is -0.183. The second kappa shape index (κ2) is 3.91. The summed E-state index contributed by atoms with van der Waals surface area (Å²) in [7, 11) is 0. The van der Waals surface area contributed by atoms with E-state index in [0.717, 1.165) is 0 Å². The van der Waals surface area contributed by atoms with E-state index in [9.17, 15) is 15.0 Å². The highest BCUT2D eigenvalue weighted by molar-refractivity contribution is 5.88. The zero-order chi connectivity index (χ0) is 13.8. The number of Topliss-reactive ketones (excluding diaryl/α,β-unsaturated/α-hetero) is 1. The molecule has 3 heteroatoms. The quantitative estimate of drug-likeness (QED) is 0.703. The van der Waals surface area contributed by atoms with E-state index < -0.39 is 16.6 Å². The molecular weight excluding hydrogens is 228 g/mol. The smallest absolute Gasteiger partial charge is 0.142 e. The standard InChI is InChI=1S/C15H24O3/c1-10(2)14(17)8-7-13(4)12(16)6-5-11(3)15(13,18)9-14/h10,17-18H,3,5-9H2,1-2,4H3/t13-,14-,15+/m1/s1. The van der Waals surface area contributed by atoms with Gasteiger partial charge >= 0.3 is 0 Å². The number of aliphatic hydroxyl groups is 2. The van der Waals surface area contributed by atoms with Crippen molar-refractivity contribution in [2.75, 3.05) is 0 Å². The van der Waals surface area contributed by atoms with E-state index in [-0.39, 0.29) is 18.1 Å². The molecule has 2 rings (SSSR count). The highest BCUT2D eigenvalue weighted by atomic mass is 16.3. The zero-order valence-electron chi connectivity index (χ0n) is 11.6. The molecule has 0 amide bonds. The molecule has 2 fully saturated rings. The minimum absolute atomic E-state index is 0.0657. The summed E-state index contributed by atoms with van der Waals surface area (Å²) in [5.41, 5.74) is -2.18. The monoisotopic (exact) mass is 252 g/mol. The van der Waals surface area contributed by atoms with Crippen molar-refractivity contribution in [2.45, 2.75) is 64.1 Å². The molecule has 0 aliphatic heterocycles. The summed E-state index contributed by atoms with van der Waals surface area (Å²) >= 11 is 0. The van der Waals surface area contributed by atoms with E-state index in [2.05, 4.69) is 6.58 Å². The molecule has 3 atom stereocenters. The average molecular weight is 252 g/mol. The molecule has 2 N–H and O–H groups in total. The van der Waals surface area contributed by atoms with Gasteiger partial charge in [-0.25, -0.2) is 0 Å². The van der Waals surface area contributed by atoms with Gasteiger partial charge in [0.2, 0.25) is 0 Å². The van der Waals surface area contributed by atoms with Gasteiger partial charge in [-0.2, -0.15) is 0 Å². The molecule has 18 heavy (non-hydrogen) atoms. The molecule has 2 aliphatic carbocycles. The SMILES string of the molecule is C=C1CCC(=O)[C@@]2(C)CC[C@](O)(C(C)C)C[C@]12O. The largest absolute Gasteiger partial charge is 0.389 e. The summed E-state index contributed by atoms with van der Waals surface area (Å²) in [5, 5.41) is 21.7. The van der Waals surface area contributed by atoms with Gasteiger partial charge in [0.25, 0.3) is 0 Å². The summed E-state index contributed by atoms with van der Waals surface area (Å²) in [6, 6.07) is 0. The minimum atomic E-state index is -1.24. The predicted molar refractivity (Wildman–Crippen MR) is 70.1 cm³/mol. The van der Waals surface area contributed by atoms with Crippen LogP contribution in [-0.4, -0.2) is 27.2 Å². The summed E-state index contributed by atoms with van der Waals surface area (Å²) in [6.45, 7) is 9.71. The first-order valence-corrected chi connectivity index (χ1v) is 6.82. The Balaban J connectivity index is 2.43. The van der Waals surface area contributed by atoms with Crippen LogP contribution in [0.1, 0.15) is 52.9 Å². The zero-order valence-corrected chi connectivity index (χ0v) is 11.6. The van der Waals surface area contributed by atoms with Crippen molar-refractivity contribution in [3.8, 4) is 0 Å². The van der Waals surface area contributed by atoms with Crippen LogP contribution < -0.4 is 0 Å². The van der Waals surface area contributed by atoms with Crippen molar-refractivity contribution < 1.29 is 15.0 Å². The van der Waals surface area contributed by atoms with Gasteiger partial charge in [0, 0.05) is 12.8 Å². The van der Waals surface area contributed by atoms with Crippen molar-refractivity contribution >= 4 is 5.78 Å². The number of fused-ring (bicyclic) bond motifs is 1. The normalized spacial score (nSPS) is 45.2. The number of carbonyl (C=O) groups is 1. The molecule has 0 bridgehead atoms. The Morgan fingerprint density at radius 2 is 1.83 bits per heavy atom. The number of hydrogen-bond donors (Lipinski definition) is 2. The molecule has 0 aromatic carbocycles. The fourth-order valence-electron chi connectivity index (χ4n) is 3.52. The Hall–Kier alpha value is -0.670. The van der Waals surface area contributed by atoms with Crippen LogP contribution in [-0.2, 0) is 4.79 Å². The average Bonchev–Trinajstić information content (AvgIpc) is 2.29. The molecule has 0 spiro atoms. The fourth-order valence-corrected chi connectivity index (χ4v) is 3.52. The Morgan fingerprint density at radius 1 is 1.22 bits per heavy atom. The number of ketones is 1. The second-order valence-electron chi connectivity index (χ2n) is 6.65. The third kappa shape index (κ3) is 1.60. The lowest BCUT2D eigenvalue weighted by atomic mass is 9.51. The van der Waals surface area contributed by atoms with Crippen LogP contribution in [0.3, 0.4) is 0 Å². The predicted octanol–water partition coefficient (Wildman–Crippen LogP) is 2.21. The molecule has 2 aliphatic rings. The van der Waals surface area contributed by atoms with Gasteiger partial charge in [-0.3, -0.25) is 4.79 Å². The van der Waals surface area contributed by atoms with Gasteiger partial charge in [-0.15, -0.1) is 0 Å². The molecule has 0 radical (unpaired) electrons. The Kier molecular flexibility index (Phi) is 2.99. The van der Waals surface area contributed by atoms with E-state index in [0.29, 0.717) is 31.3 Å². The first kappa shape index (κ1) is 13.8. The molecule has 102 valence electrons. The Labute approximate surface area is 109 Å². The topological polar surface area (TPSA) is 57.5 Å². The van der Waals surface area contributed by atoms with Crippen molar-refractivity contribution in [3.05, 3.63) is 12.2 Å². The first-order chi connectivity index (χ1) is 8.16. The Bertz CT molecular complexity index is 401. The van der Waals surface area contributed by atoms with Crippen LogP contribution in [0.4, 0.5) is 0 Å². The number of carbonyl (C=O) groups excluding carboxylic acids is 1. The molecule has 0 aromatic rings. The van der Waals surface area contributed by atoms with E-state index in [1.54, 1.807) is 0 Å². The summed E-state index contributed by atoms with van der Waals surface area (Å²) in [5.74, 6) is 0.180. The van der Waals surface area contributed by atoms with Gasteiger partial charge in [-0.05, 0) is 37.7 Å². The molecule has 2 saturated carbocycles. The maximum Gasteiger partial charge on any atom is 0.142 e. The van der Waals surface area contributed by atoms with Crippen LogP contribution in [0.25, 0.3) is 0 Å². The van der Waals surface area contributed by atoms with Gasteiger partial charge in [0.15, 0.2) is 0 Å². The third-order valence-electron chi connectivity index (χ3n) is 5.46. The van der Waals surface area contributed by atoms with Crippen LogP contribution in [0, 0.1) is 11.3 Å². The summed E-state index contributed by atoms with van der Waals surface area (Å²) in [6.07, 6.45) is 2.36. The molecule has 0 aromatic heterocycles. The van der Waals surface area contributed by atoms with Crippen LogP contribution in [0.15, 0.2) is 12.2 Å². The van der Waals surface area contributed by atoms with Crippen LogP contribution in [0.2, 0.25) is 0 Å². The van der Waals surface area contributed by atoms with Gasteiger partial charge in [0.1, 0.15) is 11.4 Å². The van der Waals surface area contributed by atoms with Crippen LogP contribution >= 0.6 is 0 Å². The van der Waals surface area contributed by atoms with Crippen LogP contribution in [0.5, 0.6) is 0 Å². The van der Waals surface area contributed by atoms with E-state index in [1.165, 1.54) is 0 Å². The second-order valence-corrected chi connectivity index (χ2v) is 6.65. The molecule has 0 unspecified atom stereocenters. The third-order valence-corrected chi connectivity index (χ3v) is 5.46. The van der Waals surface area contributed by atoms with Crippen molar-refractivity contribution in [1.29, 1.82) is 0 Å². The molecule has 3 nitrogen and oxygen atoms in total.